The van der Waals surface area contributed by atoms with Gasteiger partial charge in [-0.1, -0.05) is 26.8 Å². The summed E-state index contributed by atoms with van der Waals surface area (Å²) < 4.78 is 11.2. The quantitative estimate of drug-likeness (QED) is 0.617. The molecule has 0 spiro atoms. The summed E-state index contributed by atoms with van der Waals surface area (Å²) in [5.41, 5.74) is 0. The molecular formula is C8H16OS. The first kappa shape index (κ1) is 9.89. The van der Waals surface area contributed by atoms with Crippen LogP contribution in [0.3, 0.4) is 0 Å². The van der Waals surface area contributed by atoms with Gasteiger partial charge in [0.25, 0.3) is 0 Å². The lowest BCUT2D eigenvalue weighted by molar-refractivity contribution is 0.676. The van der Waals surface area contributed by atoms with E-state index in [9.17, 15) is 4.21 Å². The first-order valence-electron chi connectivity index (χ1n) is 3.78. The Labute approximate surface area is 66.0 Å². The van der Waals surface area contributed by atoms with E-state index in [4.69, 9.17) is 0 Å². The minimum absolute atomic E-state index is 0.308. The Morgan fingerprint density at radius 2 is 2.10 bits per heavy atom. The van der Waals surface area contributed by atoms with Gasteiger partial charge in [0.1, 0.15) is 0 Å². The maximum Gasteiger partial charge on any atom is 0.0481 e. The summed E-state index contributed by atoms with van der Waals surface area (Å²) in [7, 11) is -0.745. The van der Waals surface area contributed by atoms with E-state index in [-0.39, 0.29) is 0 Å². The van der Waals surface area contributed by atoms with Crippen LogP contribution in [-0.4, -0.2) is 9.46 Å². The normalized spacial score (nSPS) is 17.5. The Morgan fingerprint density at radius 1 is 1.50 bits per heavy atom. The minimum atomic E-state index is -0.745. The van der Waals surface area contributed by atoms with E-state index in [2.05, 4.69) is 6.92 Å². The van der Waals surface area contributed by atoms with Crippen molar-refractivity contribution in [2.45, 2.75) is 38.9 Å². The highest BCUT2D eigenvalue weighted by atomic mass is 32.2. The van der Waals surface area contributed by atoms with Gasteiger partial charge in [-0.2, -0.15) is 0 Å². The Bertz CT molecular complexity index is 129. The molecule has 0 bridgehead atoms. The van der Waals surface area contributed by atoms with Gasteiger partial charge in [-0.3, -0.25) is 4.21 Å². The van der Waals surface area contributed by atoms with Crippen LogP contribution in [0.1, 0.15) is 33.6 Å². The van der Waals surface area contributed by atoms with Crippen LogP contribution in [0.25, 0.3) is 0 Å². The summed E-state index contributed by atoms with van der Waals surface area (Å²) in [6.07, 6.45) is 3.92. The smallest absolute Gasteiger partial charge is 0.0481 e. The van der Waals surface area contributed by atoms with Gasteiger partial charge in [-0.25, -0.2) is 0 Å². The van der Waals surface area contributed by atoms with Crippen LogP contribution in [0, 0.1) is 0 Å². The molecule has 2 atom stereocenters. The zero-order chi connectivity index (χ0) is 7.98. The standard InChI is InChI=1S/C8H16OS/c1-4-6-7-10(9)8(3)5-2/h6-8H,4-5H2,1-3H3/b7-6+. The molecule has 0 aromatic carbocycles. The molecule has 0 saturated carbocycles. The third kappa shape index (κ3) is 3.83. The molecule has 0 aliphatic carbocycles. The lowest BCUT2D eigenvalue weighted by Crippen LogP contribution is -2.05. The van der Waals surface area contributed by atoms with E-state index in [1.54, 1.807) is 5.41 Å². The molecule has 0 rings (SSSR count). The third-order valence-corrected chi connectivity index (χ3v) is 3.02. The Kier molecular flexibility index (Phi) is 5.60. The zero-order valence-corrected chi connectivity index (χ0v) is 7.78. The predicted octanol–water partition coefficient (Wildman–Crippen LogP) is 2.46. The second kappa shape index (κ2) is 5.66. The number of rotatable bonds is 4. The SMILES string of the molecule is CC/C=C/S(=O)C(C)CC. The number of hydrogen-bond donors (Lipinski definition) is 0. The maximum absolute atomic E-state index is 11.2. The Morgan fingerprint density at radius 3 is 2.50 bits per heavy atom. The summed E-state index contributed by atoms with van der Waals surface area (Å²) in [4.78, 5) is 0. The van der Waals surface area contributed by atoms with Crippen molar-refractivity contribution < 1.29 is 4.21 Å². The maximum atomic E-state index is 11.2. The number of hydrogen-bond acceptors (Lipinski definition) is 1. The molecule has 0 amide bonds. The van der Waals surface area contributed by atoms with Gasteiger partial charge in [-0.15, -0.1) is 0 Å². The summed E-state index contributed by atoms with van der Waals surface area (Å²) in [6.45, 7) is 6.11. The molecule has 0 aromatic rings. The molecule has 0 N–H and O–H groups in total. The van der Waals surface area contributed by atoms with Gasteiger partial charge < -0.3 is 0 Å². The van der Waals surface area contributed by atoms with Crippen molar-refractivity contribution in [1.82, 2.24) is 0 Å². The largest absolute Gasteiger partial charge is 0.255 e. The lowest BCUT2D eigenvalue weighted by Gasteiger charge is -2.02. The van der Waals surface area contributed by atoms with Crippen molar-refractivity contribution in [1.29, 1.82) is 0 Å². The van der Waals surface area contributed by atoms with Gasteiger partial charge in [-0.05, 0) is 18.2 Å². The van der Waals surface area contributed by atoms with Gasteiger partial charge in [0.2, 0.25) is 0 Å². The summed E-state index contributed by atoms with van der Waals surface area (Å²) >= 11 is 0. The fourth-order valence-electron chi connectivity index (χ4n) is 0.489. The van der Waals surface area contributed by atoms with Crippen molar-refractivity contribution in [3.63, 3.8) is 0 Å². The second-order valence-corrected chi connectivity index (χ2v) is 4.06. The van der Waals surface area contributed by atoms with Gasteiger partial charge in [0.05, 0.1) is 0 Å². The Balaban J connectivity index is 3.72. The molecular weight excluding hydrogens is 144 g/mol. The molecule has 1 nitrogen and oxygen atoms in total. The second-order valence-electron chi connectivity index (χ2n) is 2.33. The first-order chi connectivity index (χ1) is 4.72. The van der Waals surface area contributed by atoms with E-state index in [0.29, 0.717) is 5.25 Å². The fourth-order valence-corrected chi connectivity index (χ4v) is 1.47. The van der Waals surface area contributed by atoms with E-state index >= 15 is 0 Å². The predicted molar refractivity (Wildman–Crippen MR) is 47.3 cm³/mol. The average Bonchev–Trinajstić information content (AvgIpc) is 1.98. The zero-order valence-electron chi connectivity index (χ0n) is 6.96. The van der Waals surface area contributed by atoms with E-state index < -0.39 is 10.8 Å². The van der Waals surface area contributed by atoms with Crippen LogP contribution in [0.15, 0.2) is 11.5 Å². The van der Waals surface area contributed by atoms with Crippen molar-refractivity contribution >= 4 is 10.8 Å². The monoisotopic (exact) mass is 160 g/mol. The first-order valence-corrected chi connectivity index (χ1v) is 5.06. The molecule has 10 heavy (non-hydrogen) atoms. The summed E-state index contributed by atoms with van der Waals surface area (Å²) in [5, 5.41) is 2.11. The van der Waals surface area contributed by atoms with Crippen LogP contribution < -0.4 is 0 Å². The van der Waals surface area contributed by atoms with Crippen molar-refractivity contribution in [3.05, 3.63) is 11.5 Å². The van der Waals surface area contributed by atoms with Gasteiger partial charge >= 0.3 is 0 Å². The molecule has 0 heterocycles. The highest BCUT2D eigenvalue weighted by Gasteiger charge is 2.02. The van der Waals surface area contributed by atoms with E-state index in [0.717, 1.165) is 12.8 Å². The van der Waals surface area contributed by atoms with Crippen LogP contribution >= 0.6 is 0 Å². The van der Waals surface area contributed by atoms with E-state index in [1.165, 1.54) is 0 Å². The molecule has 0 aliphatic rings. The van der Waals surface area contributed by atoms with Crippen LogP contribution in [0.5, 0.6) is 0 Å². The summed E-state index contributed by atoms with van der Waals surface area (Å²) in [6, 6.07) is 0. The van der Waals surface area contributed by atoms with Crippen molar-refractivity contribution in [2.24, 2.45) is 0 Å². The van der Waals surface area contributed by atoms with Crippen molar-refractivity contribution in [2.75, 3.05) is 0 Å². The third-order valence-electron chi connectivity index (χ3n) is 1.44. The topological polar surface area (TPSA) is 17.1 Å². The van der Waals surface area contributed by atoms with Crippen LogP contribution in [0.4, 0.5) is 0 Å². The Hall–Kier alpha value is -0.110. The van der Waals surface area contributed by atoms with E-state index in [1.807, 2.05) is 19.9 Å². The molecule has 0 aromatic heterocycles. The molecule has 0 radical (unpaired) electrons. The summed E-state index contributed by atoms with van der Waals surface area (Å²) in [5.74, 6) is 0. The van der Waals surface area contributed by atoms with Crippen LogP contribution in [-0.2, 0) is 10.8 Å². The lowest BCUT2D eigenvalue weighted by atomic mass is 10.4. The molecule has 0 saturated heterocycles. The molecule has 0 aliphatic heterocycles. The molecule has 2 unspecified atom stereocenters. The van der Waals surface area contributed by atoms with Gasteiger partial charge in [0.15, 0.2) is 0 Å². The molecule has 0 fully saturated rings. The number of allylic oxidation sites excluding steroid dienone is 1. The molecule has 2 heteroatoms. The fraction of sp³-hybridized carbons (Fsp3) is 0.750. The van der Waals surface area contributed by atoms with Crippen molar-refractivity contribution in [3.8, 4) is 0 Å². The van der Waals surface area contributed by atoms with Crippen LogP contribution in [0.2, 0.25) is 0 Å². The highest BCUT2D eigenvalue weighted by Crippen LogP contribution is 2.01. The average molecular weight is 160 g/mol. The highest BCUT2D eigenvalue weighted by molar-refractivity contribution is 7.88. The molecule has 60 valence electrons. The van der Waals surface area contributed by atoms with Gasteiger partial charge in [0, 0.05) is 16.0 Å². The minimum Gasteiger partial charge on any atom is -0.255 e.